The fraction of sp³-hybridized carbons (Fsp3) is 1.00. The number of hydrogen-bond donors (Lipinski definition) is 1. The Morgan fingerprint density at radius 1 is 1.05 bits per heavy atom. The van der Waals surface area contributed by atoms with Gasteiger partial charge >= 0.3 is 0 Å². The summed E-state index contributed by atoms with van der Waals surface area (Å²) in [6, 6.07) is 1.18. The maximum Gasteiger partial charge on any atom is 0.0472 e. The lowest BCUT2D eigenvalue weighted by Gasteiger charge is -2.43. The third-order valence-electron chi connectivity index (χ3n) is 4.31. The van der Waals surface area contributed by atoms with Crippen molar-refractivity contribution in [3.63, 3.8) is 0 Å². The molecule has 0 unspecified atom stereocenters. The van der Waals surface area contributed by atoms with Gasteiger partial charge in [0.25, 0.3) is 0 Å². The predicted octanol–water partition coefficient (Wildman–Crippen LogP) is 3.15. The van der Waals surface area contributed by atoms with Crippen LogP contribution in [-0.2, 0) is 4.74 Å². The smallest absolute Gasteiger partial charge is 0.0472 e. The van der Waals surface area contributed by atoms with E-state index in [9.17, 15) is 0 Å². The van der Waals surface area contributed by atoms with Gasteiger partial charge < -0.3 is 15.0 Å². The summed E-state index contributed by atoms with van der Waals surface area (Å²) >= 11 is 0. The van der Waals surface area contributed by atoms with E-state index < -0.39 is 0 Å². The van der Waals surface area contributed by atoms with Gasteiger partial charge in [0.1, 0.15) is 0 Å². The maximum absolute atomic E-state index is 5.61. The molecule has 1 rings (SSSR count). The zero-order chi connectivity index (χ0) is 15.2. The van der Waals surface area contributed by atoms with Crippen LogP contribution >= 0.6 is 0 Å². The summed E-state index contributed by atoms with van der Waals surface area (Å²) in [5, 5.41) is 3.67. The third kappa shape index (κ3) is 6.11. The number of nitrogens with one attached hydrogen (secondary N) is 1. The van der Waals surface area contributed by atoms with E-state index in [0.717, 1.165) is 25.7 Å². The molecule has 0 aromatic rings. The third-order valence-corrected chi connectivity index (χ3v) is 4.31. The van der Waals surface area contributed by atoms with Crippen molar-refractivity contribution in [3.8, 4) is 0 Å². The summed E-state index contributed by atoms with van der Waals surface area (Å²) in [4.78, 5) is 2.66. The van der Waals surface area contributed by atoms with Gasteiger partial charge in [0.2, 0.25) is 0 Å². The minimum absolute atomic E-state index is 0.391. The Kier molecular flexibility index (Phi) is 7.49. The second kappa shape index (κ2) is 8.35. The summed E-state index contributed by atoms with van der Waals surface area (Å²) in [6.45, 7) is 19.1. The number of rotatable bonds is 8. The summed E-state index contributed by atoms with van der Waals surface area (Å²) in [5.74, 6) is 0.729. The molecule has 0 saturated carbocycles. The molecule has 0 bridgehead atoms. The van der Waals surface area contributed by atoms with E-state index in [1.165, 1.54) is 25.9 Å². The molecule has 1 aliphatic rings. The van der Waals surface area contributed by atoms with Crippen LogP contribution in [-0.4, -0.2) is 49.8 Å². The Bertz CT molecular complexity index is 258. The highest BCUT2D eigenvalue weighted by Crippen LogP contribution is 2.32. The molecular weight excluding hydrogens is 248 g/mol. The Morgan fingerprint density at radius 2 is 1.65 bits per heavy atom. The van der Waals surface area contributed by atoms with E-state index >= 15 is 0 Å². The van der Waals surface area contributed by atoms with Crippen molar-refractivity contribution in [1.82, 2.24) is 10.2 Å². The van der Waals surface area contributed by atoms with Gasteiger partial charge in [-0.3, -0.25) is 0 Å². The van der Waals surface area contributed by atoms with Crippen LogP contribution in [0.15, 0.2) is 0 Å². The molecule has 1 aliphatic heterocycles. The van der Waals surface area contributed by atoms with Crippen molar-refractivity contribution in [2.45, 2.75) is 66.5 Å². The molecule has 3 nitrogen and oxygen atoms in total. The topological polar surface area (TPSA) is 24.5 Å². The van der Waals surface area contributed by atoms with Crippen molar-refractivity contribution in [2.24, 2.45) is 11.3 Å². The molecule has 0 radical (unpaired) electrons. The SMILES string of the molecule is CC(C)CN(CC1(CNC(C)C)CCOCC1)C(C)C. The van der Waals surface area contributed by atoms with E-state index in [1.807, 2.05) is 0 Å². The molecule has 1 fully saturated rings. The van der Waals surface area contributed by atoms with Crippen LogP contribution in [0.3, 0.4) is 0 Å². The lowest BCUT2D eigenvalue weighted by atomic mass is 9.79. The largest absolute Gasteiger partial charge is 0.381 e. The van der Waals surface area contributed by atoms with Crippen LogP contribution in [0, 0.1) is 11.3 Å². The van der Waals surface area contributed by atoms with Gasteiger partial charge in [-0.25, -0.2) is 0 Å². The van der Waals surface area contributed by atoms with Crippen molar-refractivity contribution in [1.29, 1.82) is 0 Å². The standard InChI is InChI=1S/C17H36N2O/c1-14(2)11-19(16(5)6)13-17(12-18-15(3)4)7-9-20-10-8-17/h14-16,18H,7-13H2,1-6H3. The first kappa shape index (κ1) is 17.9. The molecule has 0 aromatic carbocycles. The van der Waals surface area contributed by atoms with Crippen LogP contribution in [0.1, 0.15) is 54.4 Å². The second-order valence-corrected chi connectivity index (χ2v) is 7.57. The molecule has 20 heavy (non-hydrogen) atoms. The van der Waals surface area contributed by atoms with Crippen molar-refractivity contribution < 1.29 is 4.74 Å². The van der Waals surface area contributed by atoms with Gasteiger partial charge in [-0.05, 0) is 38.0 Å². The molecule has 1 saturated heterocycles. The van der Waals surface area contributed by atoms with Gasteiger partial charge in [0, 0.05) is 44.9 Å². The van der Waals surface area contributed by atoms with Crippen molar-refractivity contribution in [3.05, 3.63) is 0 Å². The number of hydrogen-bond acceptors (Lipinski definition) is 3. The molecule has 120 valence electrons. The summed E-state index contributed by atoms with van der Waals surface area (Å²) in [7, 11) is 0. The van der Waals surface area contributed by atoms with Gasteiger partial charge in [-0.15, -0.1) is 0 Å². The number of nitrogens with zero attached hydrogens (tertiary/aromatic N) is 1. The molecule has 0 amide bonds. The highest BCUT2D eigenvalue weighted by Gasteiger charge is 2.35. The zero-order valence-electron chi connectivity index (χ0n) is 14.5. The van der Waals surface area contributed by atoms with Gasteiger partial charge in [-0.1, -0.05) is 27.7 Å². The van der Waals surface area contributed by atoms with E-state index in [4.69, 9.17) is 4.74 Å². The van der Waals surface area contributed by atoms with Crippen LogP contribution in [0.4, 0.5) is 0 Å². The quantitative estimate of drug-likeness (QED) is 0.741. The molecule has 0 aliphatic carbocycles. The van der Waals surface area contributed by atoms with E-state index in [1.54, 1.807) is 0 Å². The van der Waals surface area contributed by atoms with Gasteiger partial charge in [-0.2, -0.15) is 0 Å². The molecule has 1 N–H and O–H groups in total. The minimum atomic E-state index is 0.391. The fourth-order valence-electron chi connectivity index (χ4n) is 2.97. The van der Waals surface area contributed by atoms with Crippen LogP contribution in [0.2, 0.25) is 0 Å². The molecule has 0 atom stereocenters. The molecular formula is C17H36N2O. The van der Waals surface area contributed by atoms with E-state index in [2.05, 4.69) is 51.8 Å². The maximum atomic E-state index is 5.61. The highest BCUT2D eigenvalue weighted by atomic mass is 16.5. The average Bonchev–Trinajstić information content (AvgIpc) is 2.36. The van der Waals surface area contributed by atoms with Crippen LogP contribution in [0.25, 0.3) is 0 Å². The second-order valence-electron chi connectivity index (χ2n) is 7.57. The Balaban J connectivity index is 2.70. The predicted molar refractivity (Wildman–Crippen MR) is 87.2 cm³/mol. The molecule has 1 heterocycles. The fourth-order valence-corrected chi connectivity index (χ4v) is 2.97. The average molecular weight is 284 g/mol. The summed E-state index contributed by atoms with van der Waals surface area (Å²) < 4.78 is 5.61. The molecule has 0 spiro atoms. The minimum Gasteiger partial charge on any atom is -0.381 e. The zero-order valence-corrected chi connectivity index (χ0v) is 14.5. The van der Waals surface area contributed by atoms with Gasteiger partial charge in [0.15, 0.2) is 0 Å². The Hall–Kier alpha value is -0.120. The van der Waals surface area contributed by atoms with Crippen molar-refractivity contribution in [2.75, 3.05) is 32.8 Å². The first-order valence-electron chi connectivity index (χ1n) is 8.40. The first-order chi connectivity index (χ1) is 9.34. The van der Waals surface area contributed by atoms with Gasteiger partial charge in [0.05, 0.1) is 0 Å². The van der Waals surface area contributed by atoms with Crippen LogP contribution in [0.5, 0.6) is 0 Å². The summed E-state index contributed by atoms with van der Waals surface area (Å²) in [6.07, 6.45) is 2.38. The first-order valence-corrected chi connectivity index (χ1v) is 8.40. The number of ether oxygens (including phenoxy) is 1. The molecule has 0 aromatic heterocycles. The van der Waals surface area contributed by atoms with Crippen LogP contribution < -0.4 is 5.32 Å². The van der Waals surface area contributed by atoms with E-state index in [0.29, 0.717) is 17.5 Å². The molecule has 3 heteroatoms. The Morgan fingerprint density at radius 3 is 2.10 bits per heavy atom. The lowest BCUT2D eigenvalue weighted by Crippen LogP contribution is -2.50. The lowest BCUT2D eigenvalue weighted by molar-refractivity contribution is -0.0123. The van der Waals surface area contributed by atoms with E-state index in [-0.39, 0.29) is 0 Å². The monoisotopic (exact) mass is 284 g/mol. The highest BCUT2D eigenvalue weighted by molar-refractivity contribution is 4.88. The Labute approximate surface area is 126 Å². The van der Waals surface area contributed by atoms with Crippen molar-refractivity contribution >= 4 is 0 Å². The normalized spacial score (nSPS) is 19.5. The summed E-state index contributed by atoms with van der Waals surface area (Å²) in [5.41, 5.74) is 0.391.